The standard InChI is InChI=1S/C23H25BN2O2/c1-16-9-17(2)11-19(10-16)15-26(14-18-5-4-8-25-13-18)23(27)20-6-7-21(24)22(12-20)28-3/h4-13H,14-15,24H2,1-3H3. The smallest absolute Gasteiger partial charge is 0.254 e. The van der Waals surface area contributed by atoms with Crippen molar-refractivity contribution in [3.63, 3.8) is 0 Å². The number of methoxy groups -OCH3 is 1. The van der Waals surface area contributed by atoms with Crippen LogP contribution < -0.4 is 10.2 Å². The van der Waals surface area contributed by atoms with Gasteiger partial charge in [-0.1, -0.05) is 41.5 Å². The summed E-state index contributed by atoms with van der Waals surface area (Å²) in [7, 11) is 3.59. The predicted octanol–water partition coefficient (Wildman–Crippen LogP) is 2.81. The summed E-state index contributed by atoms with van der Waals surface area (Å²) in [6.07, 6.45) is 3.54. The molecule has 0 aliphatic heterocycles. The number of rotatable bonds is 6. The van der Waals surface area contributed by atoms with Crippen molar-refractivity contribution in [3.05, 3.63) is 88.7 Å². The number of hydrogen-bond acceptors (Lipinski definition) is 3. The third kappa shape index (κ3) is 4.80. The van der Waals surface area contributed by atoms with E-state index in [1.165, 1.54) is 11.1 Å². The van der Waals surface area contributed by atoms with Crippen LogP contribution in [0.1, 0.15) is 32.6 Å². The lowest BCUT2D eigenvalue weighted by atomic mass is 9.93. The lowest BCUT2D eigenvalue weighted by Gasteiger charge is -2.24. The molecule has 0 radical (unpaired) electrons. The number of aromatic nitrogens is 1. The molecule has 5 heteroatoms. The van der Waals surface area contributed by atoms with Crippen molar-refractivity contribution in [2.45, 2.75) is 26.9 Å². The number of benzene rings is 2. The van der Waals surface area contributed by atoms with Crippen molar-refractivity contribution >= 4 is 19.2 Å². The number of aryl methyl sites for hydroxylation is 2. The quantitative estimate of drug-likeness (QED) is 0.625. The Balaban J connectivity index is 1.93. The SMILES string of the molecule is Bc1ccc(C(=O)N(Cc2cccnc2)Cc2cc(C)cc(C)c2)cc1OC. The Kier molecular flexibility index (Phi) is 6.14. The Hall–Kier alpha value is -3.08. The van der Waals surface area contributed by atoms with Crippen molar-refractivity contribution in [1.82, 2.24) is 9.88 Å². The Morgan fingerprint density at radius 3 is 2.39 bits per heavy atom. The number of amides is 1. The van der Waals surface area contributed by atoms with E-state index in [1.807, 2.05) is 43.1 Å². The van der Waals surface area contributed by atoms with E-state index >= 15 is 0 Å². The molecule has 0 atom stereocenters. The molecule has 0 saturated carbocycles. The molecule has 4 nitrogen and oxygen atoms in total. The topological polar surface area (TPSA) is 42.4 Å². The van der Waals surface area contributed by atoms with Gasteiger partial charge in [-0.2, -0.15) is 0 Å². The molecule has 1 aromatic heterocycles. The van der Waals surface area contributed by atoms with Crippen molar-refractivity contribution in [2.24, 2.45) is 0 Å². The van der Waals surface area contributed by atoms with Crippen LogP contribution in [0.25, 0.3) is 0 Å². The number of ether oxygens (including phenoxy) is 1. The maximum absolute atomic E-state index is 13.4. The monoisotopic (exact) mass is 372 g/mol. The first kappa shape index (κ1) is 19.7. The second-order valence-corrected chi connectivity index (χ2v) is 7.20. The third-order valence-electron chi connectivity index (χ3n) is 4.69. The van der Waals surface area contributed by atoms with Crippen LogP contribution in [0, 0.1) is 13.8 Å². The van der Waals surface area contributed by atoms with E-state index < -0.39 is 0 Å². The second-order valence-electron chi connectivity index (χ2n) is 7.20. The lowest BCUT2D eigenvalue weighted by molar-refractivity contribution is 0.0729. The minimum Gasteiger partial charge on any atom is -0.497 e. The first-order chi connectivity index (χ1) is 13.5. The van der Waals surface area contributed by atoms with E-state index in [4.69, 9.17) is 4.74 Å². The Morgan fingerprint density at radius 2 is 1.75 bits per heavy atom. The third-order valence-corrected chi connectivity index (χ3v) is 4.69. The zero-order chi connectivity index (χ0) is 20.1. The van der Waals surface area contributed by atoms with Crippen LogP contribution in [0.15, 0.2) is 60.9 Å². The van der Waals surface area contributed by atoms with Gasteiger partial charge in [0.1, 0.15) is 13.6 Å². The highest BCUT2D eigenvalue weighted by Gasteiger charge is 2.18. The van der Waals surface area contributed by atoms with E-state index in [-0.39, 0.29) is 5.91 Å². The largest absolute Gasteiger partial charge is 0.497 e. The summed E-state index contributed by atoms with van der Waals surface area (Å²) >= 11 is 0. The lowest BCUT2D eigenvalue weighted by Crippen LogP contribution is -2.30. The number of carbonyl (C=O) groups is 1. The van der Waals surface area contributed by atoms with Crippen LogP contribution in [0.2, 0.25) is 0 Å². The summed E-state index contributed by atoms with van der Waals surface area (Å²) in [6, 6.07) is 15.9. The molecule has 28 heavy (non-hydrogen) atoms. The average Bonchev–Trinajstić information content (AvgIpc) is 2.67. The van der Waals surface area contributed by atoms with E-state index in [1.54, 1.807) is 19.5 Å². The van der Waals surface area contributed by atoms with Crippen molar-refractivity contribution < 1.29 is 9.53 Å². The number of hydrogen-bond donors (Lipinski definition) is 0. The molecule has 0 bridgehead atoms. The first-order valence-electron chi connectivity index (χ1n) is 9.36. The van der Waals surface area contributed by atoms with E-state index in [0.29, 0.717) is 18.7 Å². The number of pyridine rings is 1. The van der Waals surface area contributed by atoms with Gasteiger partial charge in [0, 0.05) is 31.0 Å². The minimum atomic E-state index is -0.0266. The second kappa shape index (κ2) is 8.74. The van der Waals surface area contributed by atoms with Gasteiger partial charge in [0.05, 0.1) is 7.11 Å². The maximum Gasteiger partial charge on any atom is 0.254 e. The van der Waals surface area contributed by atoms with Crippen LogP contribution in [-0.4, -0.2) is 30.7 Å². The molecular weight excluding hydrogens is 347 g/mol. The van der Waals surface area contributed by atoms with Gasteiger partial charge in [-0.3, -0.25) is 9.78 Å². The Labute approximate surface area is 167 Å². The molecular formula is C23H25BN2O2. The van der Waals surface area contributed by atoms with E-state index in [2.05, 4.69) is 37.0 Å². The van der Waals surface area contributed by atoms with Gasteiger partial charge >= 0.3 is 0 Å². The highest BCUT2D eigenvalue weighted by molar-refractivity contribution is 6.34. The number of nitrogens with zero attached hydrogens (tertiary/aromatic N) is 2. The van der Waals surface area contributed by atoms with Gasteiger partial charge in [-0.25, -0.2) is 0 Å². The molecule has 142 valence electrons. The predicted molar refractivity (Wildman–Crippen MR) is 115 cm³/mol. The van der Waals surface area contributed by atoms with E-state index in [9.17, 15) is 4.79 Å². The van der Waals surface area contributed by atoms with Crippen LogP contribution in [0.5, 0.6) is 5.75 Å². The summed E-state index contributed by atoms with van der Waals surface area (Å²) in [5.74, 6) is 0.694. The molecule has 3 rings (SSSR count). The summed E-state index contributed by atoms with van der Waals surface area (Å²) in [5, 5.41) is 0. The summed E-state index contributed by atoms with van der Waals surface area (Å²) in [5.41, 5.74) is 6.14. The van der Waals surface area contributed by atoms with Gasteiger partial charge in [0.15, 0.2) is 0 Å². The molecule has 0 saturated heterocycles. The normalized spacial score (nSPS) is 10.5. The highest BCUT2D eigenvalue weighted by Crippen LogP contribution is 2.18. The summed E-state index contributed by atoms with van der Waals surface area (Å²) < 4.78 is 5.40. The van der Waals surface area contributed by atoms with E-state index in [0.717, 1.165) is 22.3 Å². The molecule has 1 heterocycles. The van der Waals surface area contributed by atoms with Crippen LogP contribution in [0.3, 0.4) is 0 Å². The minimum absolute atomic E-state index is 0.0266. The molecule has 0 N–H and O–H groups in total. The van der Waals surface area contributed by atoms with Gasteiger partial charge in [0.2, 0.25) is 0 Å². The Morgan fingerprint density at radius 1 is 1.04 bits per heavy atom. The fraction of sp³-hybridized carbons (Fsp3) is 0.217. The van der Waals surface area contributed by atoms with Gasteiger partial charge in [0.25, 0.3) is 5.91 Å². The summed E-state index contributed by atoms with van der Waals surface area (Å²) in [4.78, 5) is 19.4. The fourth-order valence-electron chi connectivity index (χ4n) is 3.43. The molecule has 3 aromatic rings. The molecule has 0 unspecified atom stereocenters. The van der Waals surface area contributed by atoms with Gasteiger partial charge in [-0.15, -0.1) is 0 Å². The molecule has 2 aromatic carbocycles. The van der Waals surface area contributed by atoms with Crippen molar-refractivity contribution in [1.29, 1.82) is 0 Å². The molecule has 1 amide bonds. The van der Waals surface area contributed by atoms with Crippen LogP contribution >= 0.6 is 0 Å². The zero-order valence-corrected chi connectivity index (χ0v) is 16.9. The average molecular weight is 372 g/mol. The van der Waals surface area contributed by atoms with Crippen molar-refractivity contribution in [3.8, 4) is 5.75 Å². The van der Waals surface area contributed by atoms with Gasteiger partial charge < -0.3 is 9.64 Å². The molecule has 0 fully saturated rings. The highest BCUT2D eigenvalue weighted by atomic mass is 16.5. The molecule has 0 spiro atoms. The first-order valence-corrected chi connectivity index (χ1v) is 9.36. The van der Waals surface area contributed by atoms with Gasteiger partial charge in [-0.05, 0) is 48.6 Å². The fourth-order valence-corrected chi connectivity index (χ4v) is 3.43. The van der Waals surface area contributed by atoms with Crippen LogP contribution in [-0.2, 0) is 13.1 Å². The van der Waals surface area contributed by atoms with Crippen molar-refractivity contribution in [2.75, 3.05) is 7.11 Å². The zero-order valence-electron chi connectivity index (χ0n) is 16.9. The number of carbonyl (C=O) groups excluding carboxylic acids is 1. The van der Waals surface area contributed by atoms with Crippen LogP contribution in [0.4, 0.5) is 0 Å². The Bertz CT molecular complexity index is 953. The molecule has 0 aliphatic rings. The summed E-state index contributed by atoms with van der Waals surface area (Å²) in [6.45, 7) is 5.19. The molecule has 0 aliphatic carbocycles. The maximum atomic E-state index is 13.4.